The fourth-order valence-electron chi connectivity index (χ4n) is 1.42. The first-order chi connectivity index (χ1) is 9.24. The molecule has 0 spiro atoms. The molecule has 0 amide bonds. The summed E-state index contributed by atoms with van der Waals surface area (Å²) in [5, 5.41) is 11.0. The highest BCUT2D eigenvalue weighted by atomic mass is 32.2. The van der Waals surface area contributed by atoms with Gasteiger partial charge in [0.05, 0.1) is 28.7 Å². The van der Waals surface area contributed by atoms with E-state index in [1.165, 1.54) is 24.3 Å². The third-order valence-electron chi connectivity index (χ3n) is 2.48. The zero-order chi connectivity index (χ0) is 15.2. The van der Waals surface area contributed by atoms with Gasteiger partial charge in [-0.3, -0.25) is 0 Å². The van der Waals surface area contributed by atoms with Gasteiger partial charge in [0.2, 0.25) is 0 Å². The van der Waals surface area contributed by atoms with Crippen molar-refractivity contribution in [1.82, 2.24) is 5.32 Å². The highest BCUT2D eigenvalue weighted by Crippen LogP contribution is 2.18. The van der Waals surface area contributed by atoms with Crippen LogP contribution in [-0.2, 0) is 9.84 Å². The third kappa shape index (κ3) is 5.59. The lowest BCUT2D eigenvalue weighted by molar-refractivity contribution is -0.133. The lowest BCUT2D eigenvalue weighted by atomic mass is 10.2. The molecule has 1 N–H and O–H groups in total. The van der Waals surface area contributed by atoms with Gasteiger partial charge in [-0.1, -0.05) is 0 Å². The number of nitriles is 1. The van der Waals surface area contributed by atoms with E-state index in [0.717, 1.165) is 0 Å². The van der Waals surface area contributed by atoms with Gasteiger partial charge in [-0.15, -0.1) is 0 Å². The van der Waals surface area contributed by atoms with Gasteiger partial charge in [-0.25, -0.2) is 8.42 Å². The molecule has 0 saturated heterocycles. The summed E-state index contributed by atoms with van der Waals surface area (Å²) >= 11 is 0. The van der Waals surface area contributed by atoms with Gasteiger partial charge in [0.25, 0.3) is 0 Å². The Morgan fingerprint density at radius 1 is 1.15 bits per heavy atom. The number of hydrogen-bond acceptors (Lipinski definition) is 4. The molecule has 1 aromatic carbocycles. The first kappa shape index (κ1) is 16.5. The number of nitrogens with one attached hydrogen (secondary N) is 1. The third-order valence-corrected chi connectivity index (χ3v) is 4.21. The maximum Gasteiger partial charge on any atom is 0.390 e. The number of rotatable bonds is 6. The average Bonchev–Trinajstić information content (AvgIpc) is 2.37. The van der Waals surface area contributed by atoms with Crippen molar-refractivity contribution < 1.29 is 21.6 Å². The van der Waals surface area contributed by atoms with Gasteiger partial charge in [0, 0.05) is 13.1 Å². The number of nitrogens with zero attached hydrogens (tertiary/aromatic N) is 1. The van der Waals surface area contributed by atoms with Gasteiger partial charge in [-0.2, -0.15) is 18.4 Å². The minimum atomic E-state index is -4.25. The Balaban J connectivity index is 2.47. The molecule has 20 heavy (non-hydrogen) atoms. The van der Waals surface area contributed by atoms with Crippen LogP contribution in [0.25, 0.3) is 0 Å². The van der Waals surface area contributed by atoms with Crippen LogP contribution in [0.15, 0.2) is 29.2 Å². The van der Waals surface area contributed by atoms with Gasteiger partial charge >= 0.3 is 6.18 Å². The summed E-state index contributed by atoms with van der Waals surface area (Å²) in [6.07, 6.45) is -5.25. The Bertz CT molecular complexity index is 574. The molecule has 0 saturated carbocycles. The van der Waals surface area contributed by atoms with Crippen LogP contribution >= 0.6 is 0 Å². The van der Waals surface area contributed by atoms with Crippen LogP contribution in [0.1, 0.15) is 12.0 Å². The zero-order valence-corrected chi connectivity index (χ0v) is 11.3. The molecule has 0 aromatic heterocycles. The molecule has 0 aliphatic rings. The molecule has 0 aliphatic carbocycles. The summed E-state index contributed by atoms with van der Waals surface area (Å²) in [6, 6.07) is 7.24. The summed E-state index contributed by atoms with van der Waals surface area (Å²) in [5.41, 5.74) is 0.340. The van der Waals surface area contributed by atoms with E-state index in [1.54, 1.807) is 0 Å². The van der Waals surface area contributed by atoms with Gasteiger partial charge < -0.3 is 5.32 Å². The second-order valence-electron chi connectivity index (χ2n) is 4.07. The molecule has 0 bridgehead atoms. The largest absolute Gasteiger partial charge is 0.390 e. The van der Waals surface area contributed by atoms with E-state index in [1.807, 2.05) is 6.07 Å². The molecule has 0 radical (unpaired) electrons. The second kappa shape index (κ2) is 6.72. The van der Waals surface area contributed by atoms with Gasteiger partial charge in [0.15, 0.2) is 9.84 Å². The summed E-state index contributed by atoms with van der Waals surface area (Å²) in [6.45, 7) is -0.370. The van der Waals surface area contributed by atoms with Crippen LogP contribution in [0.5, 0.6) is 0 Å². The van der Waals surface area contributed by atoms with E-state index in [4.69, 9.17) is 5.26 Å². The molecule has 1 rings (SSSR count). The smallest absolute Gasteiger partial charge is 0.315 e. The second-order valence-corrected chi connectivity index (χ2v) is 6.18. The lowest BCUT2D eigenvalue weighted by Gasteiger charge is -2.08. The van der Waals surface area contributed by atoms with Crippen molar-refractivity contribution in [2.75, 3.05) is 18.8 Å². The van der Waals surface area contributed by atoms with Crippen LogP contribution in [-0.4, -0.2) is 33.4 Å². The summed E-state index contributed by atoms with van der Waals surface area (Å²) in [5.74, 6) is -0.295. The Hall–Kier alpha value is -1.59. The predicted octanol–water partition coefficient (Wildman–Crippen LogP) is 1.87. The van der Waals surface area contributed by atoms with Crippen molar-refractivity contribution in [2.24, 2.45) is 0 Å². The number of benzene rings is 1. The van der Waals surface area contributed by atoms with Crippen molar-refractivity contribution in [3.63, 3.8) is 0 Å². The van der Waals surface area contributed by atoms with Crippen molar-refractivity contribution in [3.05, 3.63) is 29.8 Å². The highest BCUT2D eigenvalue weighted by Gasteiger charge is 2.26. The first-order valence-corrected chi connectivity index (χ1v) is 7.40. The monoisotopic (exact) mass is 306 g/mol. The number of hydrogen-bond donors (Lipinski definition) is 1. The fraction of sp³-hybridized carbons (Fsp3) is 0.417. The fourth-order valence-corrected chi connectivity index (χ4v) is 2.62. The summed E-state index contributed by atoms with van der Waals surface area (Å²) < 4.78 is 59.3. The SMILES string of the molecule is N#Cc1ccc(S(=O)(=O)CCNCCC(F)(F)F)cc1. The van der Waals surface area contributed by atoms with E-state index < -0.39 is 22.4 Å². The molecule has 0 fully saturated rings. The zero-order valence-electron chi connectivity index (χ0n) is 10.4. The highest BCUT2D eigenvalue weighted by molar-refractivity contribution is 7.91. The van der Waals surface area contributed by atoms with E-state index >= 15 is 0 Å². The standard InChI is InChI=1S/C12H13F3N2O2S/c13-12(14,15)5-6-17-7-8-20(18,19)11-3-1-10(9-16)2-4-11/h1-4,17H,5-8H2. The molecule has 4 nitrogen and oxygen atoms in total. The molecule has 8 heteroatoms. The average molecular weight is 306 g/mol. The van der Waals surface area contributed by atoms with E-state index in [9.17, 15) is 21.6 Å². The van der Waals surface area contributed by atoms with Crippen molar-refractivity contribution in [1.29, 1.82) is 5.26 Å². The van der Waals surface area contributed by atoms with Crippen LogP contribution < -0.4 is 5.32 Å². The molecule has 0 atom stereocenters. The first-order valence-electron chi connectivity index (χ1n) is 5.75. The quantitative estimate of drug-likeness (QED) is 0.815. The molecule has 1 aromatic rings. The topological polar surface area (TPSA) is 70.0 Å². The lowest BCUT2D eigenvalue weighted by Crippen LogP contribution is -2.27. The minimum absolute atomic E-state index is 0.0501. The Kier molecular flexibility index (Phi) is 5.53. The van der Waals surface area contributed by atoms with Crippen molar-refractivity contribution >= 4 is 9.84 Å². The number of alkyl halides is 3. The predicted molar refractivity (Wildman–Crippen MR) is 66.8 cm³/mol. The molecule has 0 aliphatic heterocycles. The maximum absolute atomic E-state index is 11.9. The molecule has 110 valence electrons. The molecular weight excluding hydrogens is 293 g/mol. The molecule has 0 unspecified atom stereocenters. The van der Waals surface area contributed by atoms with Crippen LogP contribution in [0.3, 0.4) is 0 Å². The van der Waals surface area contributed by atoms with Crippen LogP contribution in [0.4, 0.5) is 13.2 Å². The van der Waals surface area contributed by atoms with Gasteiger partial charge in [-0.05, 0) is 24.3 Å². The minimum Gasteiger partial charge on any atom is -0.315 e. The van der Waals surface area contributed by atoms with E-state index in [0.29, 0.717) is 5.56 Å². The normalized spacial score (nSPS) is 12.1. The Labute approximate surface area is 115 Å². The van der Waals surface area contributed by atoms with Gasteiger partial charge in [0.1, 0.15) is 0 Å². The Morgan fingerprint density at radius 3 is 2.25 bits per heavy atom. The van der Waals surface area contributed by atoms with Crippen molar-refractivity contribution in [2.45, 2.75) is 17.5 Å². The molecule has 0 heterocycles. The van der Waals surface area contributed by atoms with Crippen LogP contribution in [0, 0.1) is 11.3 Å². The Morgan fingerprint density at radius 2 is 1.75 bits per heavy atom. The number of sulfone groups is 1. The maximum atomic E-state index is 11.9. The summed E-state index contributed by atoms with van der Waals surface area (Å²) in [4.78, 5) is 0.0501. The van der Waals surface area contributed by atoms with E-state index in [-0.39, 0.29) is 23.7 Å². The van der Waals surface area contributed by atoms with Crippen LogP contribution in [0.2, 0.25) is 0 Å². The summed E-state index contributed by atoms with van der Waals surface area (Å²) in [7, 11) is -3.55. The van der Waals surface area contributed by atoms with E-state index in [2.05, 4.69) is 5.32 Å². The van der Waals surface area contributed by atoms with Crippen molar-refractivity contribution in [3.8, 4) is 6.07 Å². The molecular formula is C12H13F3N2O2S. The number of halogens is 3.